The predicted molar refractivity (Wildman–Crippen MR) is 64.7 cm³/mol. The molecule has 6 nitrogen and oxygen atoms in total. The van der Waals surface area contributed by atoms with Crippen LogP contribution in [0.5, 0.6) is 0 Å². The quantitative estimate of drug-likeness (QED) is 0.644. The highest BCUT2D eigenvalue weighted by molar-refractivity contribution is 5.88. The van der Waals surface area contributed by atoms with E-state index in [1.807, 2.05) is 6.92 Å². The Kier molecular flexibility index (Phi) is 5.12. The maximum Gasteiger partial charge on any atom is 0.307 e. The van der Waals surface area contributed by atoms with Gasteiger partial charge in [-0.25, -0.2) is 0 Å². The zero-order valence-electron chi connectivity index (χ0n) is 10.7. The van der Waals surface area contributed by atoms with Gasteiger partial charge in [0.25, 0.3) is 0 Å². The van der Waals surface area contributed by atoms with Gasteiger partial charge in [-0.05, 0) is 18.8 Å². The third-order valence-corrected chi connectivity index (χ3v) is 3.59. The highest BCUT2D eigenvalue weighted by Gasteiger charge is 2.41. The van der Waals surface area contributed by atoms with Gasteiger partial charge in [0, 0.05) is 7.05 Å². The van der Waals surface area contributed by atoms with Gasteiger partial charge in [0.15, 0.2) is 0 Å². The molecule has 1 aliphatic carbocycles. The van der Waals surface area contributed by atoms with Crippen molar-refractivity contribution in [1.29, 1.82) is 0 Å². The van der Waals surface area contributed by atoms with Crippen molar-refractivity contribution in [3.05, 3.63) is 0 Å². The molecule has 1 rings (SSSR count). The number of hydrogen-bond donors (Lipinski definition) is 3. The second-order valence-electron chi connectivity index (χ2n) is 4.69. The molecule has 1 aliphatic rings. The van der Waals surface area contributed by atoms with Gasteiger partial charge in [0.05, 0.1) is 18.4 Å². The highest BCUT2D eigenvalue weighted by atomic mass is 16.4. The number of likely N-dealkylation sites (N-methyl/N-ethyl adjacent to an activating group) is 1. The Bertz CT molecular complexity index is 343. The first-order valence-electron chi connectivity index (χ1n) is 6.20. The van der Waals surface area contributed by atoms with Crippen LogP contribution in [0.15, 0.2) is 0 Å². The van der Waals surface area contributed by atoms with Crippen LogP contribution < -0.4 is 10.6 Å². The zero-order valence-corrected chi connectivity index (χ0v) is 10.7. The van der Waals surface area contributed by atoms with E-state index in [1.165, 1.54) is 7.05 Å². The maximum absolute atomic E-state index is 11.9. The number of carbonyl (C=O) groups is 3. The van der Waals surface area contributed by atoms with Gasteiger partial charge < -0.3 is 15.7 Å². The first-order valence-corrected chi connectivity index (χ1v) is 6.20. The van der Waals surface area contributed by atoms with Crippen molar-refractivity contribution in [2.75, 3.05) is 13.6 Å². The Morgan fingerprint density at radius 2 is 1.83 bits per heavy atom. The molecule has 3 atom stereocenters. The molecule has 0 heterocycles. The average molecular weight is 256 g/mol. The van der Waals surface area contributed by atoms with E-state index in [-0.39, 0.29) is 24.3 Å². The number of rotatable bonds is 5. The first kappa shape index (κ1) is 14.5. The van der Waals surface area contributed by atoms with Gasteiger partial charge in [0.1, 0.15) is 0 Å². The van der Waals surface area contributed by atoms with Crippen LogP contribution >= 0.6 is 0 Å². The Labute approximate surface area is 106 Å². The molecule has 102 valence electrons. The van der Waals surface area contributed by atoms with Crippen molar-refractivity contribution < 1.29 is 19.5 Å². The summed E-state index contributed by atoms with van der Waals surface area (Å²) in [5, 5.41) is 14.0. The summed E-state index contributed by atoms with van der Waals surface area (Å²) in [4.78, 5) is 34.0. The lowest BCUT2D eigenvalue weighted by molar-refractivity contribution is -0.146. The minimum absolute atomic E-state index is 0.102. The van der Waals surface area contributed by atoms with E-state index in [4.69, 9.17) is 5.11 Å². The fourth-order valence-corrected chi connectivity index (χ4v) is 2.43. The van der Waals surface area contributed by atoms with Crippen LogP contribution in [-0.4, -0.2) is 36.5 Å². The Hall–Kier alpha value is -1.59. The van der Waals surface area contributed by atoms with Crippen molar-refractivity contribution in [2.24, 2.45) is 17.8 Å². The van der Waals surface area contributed by atoms with Crippen LogP contribution in [0.4, 0.5) is 0 Å². The van der Waals surface area contributed by atoms with Crippen LogP contribution in [0.2, 0.25) is 0 Å². The number of aliphatic carboxylic acids is 1. The van der Waals surface area contributed by atoms with Gasteiger partial charge in [-0.2, -0.15) is 0 Å². The van der Waals surface area contributed by atoms with Crippen molar-refractivity contribution in [3.8, 4) is 0 Å². The highest BCUT2D eigenvalue weighted by Crippen LogP contribution is 2.38. The third kappa shape index (κ3) is 3.45. The second kappa shape index (κ2) is 6.37. The van der Waals surface area contributed by atoms with Gasteiger partial charge in [-0.1, -0.05) is 13.3 Å². The van der Waals surface area contributed by atoms with Crippen molar-refractivity contribution in [1.82, 2.24) is 10.6 Å². The lowest BCUT2D eigenvalue weighted by atomic mass is 9.95. The lowest BCUT2D eigenvalue weighted by Gasteiger charge is -2.15. The molecule has 0 spiro atoms. The molecule has 1 fully saturated rings. The molecular formula is C12H20N2O4. The van der Waals surface area contributed by atoms with E-state index in [1.54, 1.807) is 0 Å². The summed E-state index contributed by atoms with van der Waals surface area (Å²) < 4.78 is 0. The first-order chi connectivity index (χ1) is 8.49. The fraction of sp³-hybridized carbons (Fsp3) is 0.750. The number of amides is 2. The van der Waals surface area contributed by atoms with E-state index < -0.39 is 17.8 Å². The van der Waals surface area contributed by atoms with E-state index >= 15 is 0 Å². The molecule has 1 unspecified atom stereocenters. The Morgan fingerprint density at radius 3 is 2.33 bits per heavy atom. The molecule has 0 aromatic carbocycles. The number of hydrogen-bond acceptors (Lipinski definition) is 3. The van der Waals surface area contributed by atoms with Crippen LogP contribution in [0, 0.1) is 17.8 Å². The molecule has 0 aromatic heterocycles. The monoisotopic (exact) mass is 256 g/mol. The predicted octanol–water partition coefficient (Wildman–Crippen LogP) is -0.0144. The van der Waals surface area contributed by atoms with Crippen LogP contribution in [0.1, 0.15) is 26.2 Å². The van der Waals surface area contributed by atoms with Gasteiger partial charge in [-0.3, -0.25) is 14.4 Å². The van der Waals surface area contributed by atoms with Gasteiger partial charge >= 0.3 is 5.97 Å². The number of carbonyl (C=O) groups excluding carboxylic acids is 2. The molecule has 0 aromatic rings. The molecule has 18 heavy (non-hydrogen) atoms. The fourth-order valence-electron chi connectivity index (χ4n) is 2.43. The SMILES string of the molecule is CCC1C[C@H](C(=O)NCC(=O)NC)[C@H](C(=O)O)C1. The Balaban J connectivity index is 2.59. The van der Waals surface area contributed by atoms with Gasteiger partial charge in [-0.15, -0.1) is 0 Å². The van der Waals surface area contributed by atoms with E-state index in [0.29, 0.717) is 12.8 Å². The molecule has 3 N–H and O–H groups in total. The normalized spacial score (nSPS) is 26.7. The lowest BCUT2D eigenvalue weighted by Crippen LogP contribution is -2.40. The summed E-state index contributed by atoms with van der Waals surface area (Å²) in [7, 11) is 1.48. The third-order valence-electron chi connectivity index (χ3n) is 3.59. The largest absolute Gasteiger partial charge is 0.481 e. The molecule has 0 radical (unpaired) electrons. The summed E-state index contributed by atoms with van der Waals surface area (Å²) in [6.45, 7) is 1.89. The van der Waals surface area contributed by atoms with E-state index in [2.05, 4.69) is 10.6 Å². The van der Waals surface area contributed by atoms with Gasteiger partial charge in [0.2, 0.25) is 11.8 Å². The van der Waals surface area contributed by atoms with Crippen molar-refractivity contribution in [3.63, 3.8) is 0 Å². The van der Waals surface area contributed by atoms with Crippen LogP contribution in [0.25, 0.3) is 0 Å². The summed E-state index contributed by atoms with van der Waals surface area (Å²) in [5.74, 6) is -2.41. The summed E-state index contributed by atoms with van der Waals surface area (Å²) >= 11 is 0. The number of nitrogens with one attached hydrogen (secondary N) is 2. The summed E-state index contributed by atoms with van der Waals surface area (Å²) in [6, 6.07) is 0. The minimum Gasteiger partial charge on any atom is -0.481 e. The number of carboxylic acids is 1. The summed E-state index contributed by atoms with van der Waals surface area (Å²) in [6.07, 6.45) is 2.01. The molecular weight excluding hydrogens is 236 g/mol. The van der Waals surface area contributed by atoms with Crippen molar-refractivity contribution >= 4 is 17.8 Å². The topological polar surface area (TPSA) is 95.5 Å². The summed E-state index contributed by atoms with van der Waals surface area (Å²) in [5.41, 5.74) is 0. The molecule has 0 aliphatic heterocycles. The maximum atomic E-state index is 11.9. The molecule has 0 saturated heterocycles. The smallest absolute Gasteiger partial charge is 0.307 e. The molecule has 0 bridgehead atoms. The average Bonchev–Trinajstić information content (AvgIpc) is 2.79. The molecule has 6 heteroatoms. The second-order valence-corrected chi connectivity index (χ2v) is 4.69. The standard InChI is InChI=1S/C12H20N2O4/c1-3-7-4-8(9(5-7)12(17)18)11(16)14-6-10(15)13-2/h7-9H,3-6H2,1-2H3,(H,13,15)(H,14,16)(H,17,18)/t7?,8-,9+/m0/s1. The van der Waals surface area contributed by atoms with E-state index in [9.17, 15) is 14.4 Å². The van der Waals surface area contributed by atoms with Crippen molar-refractivity contribution in [2.45, 2.75) is 26.2 Å². The minimum atomic E-state index is -0.925. The van der Waals surface area contributed by atoms with Crippen LogP contribution in [-0.2, 0) is 14.4 Å². The van der Waals surface area contributed by atoms with E-state index in [0.717, 1.165) is 6.42 Å². The molecule has 1 saturated carbocycles. The zero-order chi connectivity index (χ0) is 13.7. The van der Waals surface area contributed by atoms with Crippen LogP contribution in [0.3, 0.4) is 0 Å². The molecule has 2 amide bonds. The number of carboxylic acid groups (broad SMARTS) is 1. The Morgan fingerprint density at radius 1 is 1.22 bits per heavy atom.